The second-order valence-electron chi connectivity index (χ2n) is 5.01. The Morgan fingerprint density at radius 2 is 1.95 bits per heavy atom. The topological polar surface area (TPSA) is 49.3 Å². The normalized spacial score (nSPS) is 10.3. The molecule has 2 aromatic carbocycles. The van der Waals surface area contributed by atoms with Crippen molar-refractivity contribution < 1.29 is 9.90 Å². The van der Waals surface area contributed by atoms with Crippen LogP contribution in [-0.2, 0) is 17.8 Å². The van der Waals surface area contributed by atoms with Crippen LogP contribution in [0.4, 0.5) is 5.69 Å². The van der Waals surface area contributed by atoms with E-state index in [0.29, 0.717) is 12.1 Å². The largest absolute Gasteiger partial charge is 0.392 e. The first-order valence-electron chi connectivity index (χ1n) is 6.64. The van der Waals surface area contributed by atoms with Crippen molar-refractivity contribution in [1.82, 2.24) is 0 Å². The number of aliphatic hydroxyl groups is 1. The van der Waals surface area contributed by atoms with Crippen LogP contribution in [-0.4, -0.2) is 11.0 Å². The molecule has 0 aliphatic carbocycles. The van der Waals surface area contributed by atoms with Gasteiger partial charge in [0.2, 0.25) is 5.91 Å². The van der Waals surface area contributed by atoms with Crippen LogP contribution in [0.15, 0.2) is 42.5 Å². The highest BCUT2D eigenvalue weighted by molar-refractivity contribution is 5.92. The SMILES string of the molecule is Cc1ccc(C)c(CC(=O)Nc2cccc(CO)c2)c1. The Bertz CT molecular complexity index is 620. The van der Waals surface area contributed by atoms with Crippen LogP contribution in [0, 0.1) is 13.8 Å². The Hall–Kier alpha value is -2.13. The molecule has 0 saturated heterocycles. The van der Waals surface area contributed by atoms with E-state index in [0.717, 1.165) is 22.3 Å². The molecule has 0 atom stereocenters. The van der Waals surface area contributed by atoms with Gasteiger partial charge in [0.1, 0.15) is 0 Å². The third kappa shape index (κ3) is 3.68. The van der Waals surface area contributed by atoms with Gasteiger partial charge >= 0.3 is 0 Å². The molecule has 0 aliphatic rings. The molecule has 0 bridgehead atoms. The molecule has 3 heteroatoms. The van der Waals surface area contributed by atoms with Gasteiger partial charge in [-0.25, -0.2) is 0 Å². The minimum atomic E-state index is -0.0474. The fourth-order valence-electron chi connectivity index (χ4n) is 2.12. The quantitative estimate of drug-likeness (QED) is 0.896. The molecule has 0 aromatic heterocycles. The molecular weight excluding hydrogens is 250 g/mol. The summed E-state index contributed by atoms with van der Waals surface area (Å²) in [6, 6.07) is 13.4. The molecule has 0 spiro atoms. The summed E-state index contributed by atoms with van der Waals surface area (Å²) in [7, 11) is 0. The summed E-state index contributed by atoms with van der Waals surface area (Å²) in [6.45, 7) is 4.00. The molecule has 20 heavy (non-hydrogen) atoms. The van der Waals surface area contributed by atoms with Gasteiger partial charge in [-0.3, -0.25) is 4.79 Å². The molecule has 104 valence electrons. The zero-order chi connectivity index (χ0) is 14.5. The van der Waals surface area contributed by atoms with E-state index in [2.05, 4.69) is 5.32 Å². The van der Waals surface area contributed by atoms with Crippen molar-refractivity contribution in [1.29, 1.82) is 0 Å². The van der Waals surface area contributed by atoms with E-state index in [1.165, 1.54) is 0 Å². The van der Waals surface area contributed by atoms with Crippen LogP contribution in [0.1, 0.15) is 22.3 Å². The number of amides is 1. The lowest BCUT2D eigenvalue weighted by Gasteiger charge is -2.09. The van der Waals surface area contributed by atoms with Crippen LogP contribution in [0.5, 0.6) is 0 Å². The van der Waals surface area contributed by atoms with E-state index in [1.54, 1.807) is 6.07 Å². The number of rotatable bonds is 4. The van der Waals surface area contributed by atoms with Gasteiger partial charge in [0.15, 0.2) is 0 Å². The molecule has 3 nitrogen and oxygen atoms in total. The summed E-state index contributed by atoms with van der Waals surface area (Å²) < 4.78 is 0. The standard InChI is InChI=1S/C17H19NO2/c1-12-6-7-13(2)15(8-12)10-17(20)18-16-5-3-4-14(9-16)11-19/h3-9,19H,10-11H2,1-2H3,(H,18,20). The van der Waals surface area contributed by atoms with Crippen LogP contribution in [0.3, 0.4) is 0 Å². The van der Waals surface area contributed by atoms with Gasteiger partial charge in [0.25, 0.3) is 0 Å². The van der Waals surface area contributed by atoms with Gasteiger partial charge in [-0.1, -0.05) is 35.9 Å². The van der Waals surface area contributed by atoms with Crippen LogP contribution in [0.2, 0.25) is 0 Å². The first-order chi connectivity index (χ1) is 9.58. The average Bonchev–Trinajstić information content (AvgIpc) is 2.43. The Balaban J connectivity index is 2.07. The third-order valence-corrected chi connectivity index (χ3v) is 3.25. The van der Waals surface area contributed by atoms with Crippen molar-refractivity contribution in [2.24, 2.45) is 0 Å². The summed E-state index contributed by atoms with van der Waals surface area (Å²) in [5.41, 5.74) is 4.82. The Labute approximate surface area is 119 Å². The molecule has 0 radical (unpaired) electrons. The highest BCUT2D eigenvalue weighted by Gasteiger charge is 2.07. The number of anilines is 1. The summed E-state index contributed by atoms with van der Waals surface area (Å²) >= 11 is 0. The zero-order valence-electron chi connectivity index (χ0n) is 11.8. The molecule has 0 heterocycles. The molecule has 2 N–H and O–H groups in total. The maximum absolute atomic E-state index is 12.1. The van der Waals surface area contributed by atoms with E-state index >= 15 is 0 Å². The molecule has 0 saturated carbocycles. The lowest BCUT2D eigenvalue weighted by molar-refractivity contribution is -0.115. The summed E-state index contributed by atoms with van der Waals surface area (Å²) in [4.78, 5) is 12.1. The number of benzene rings is 2. The summed E-state index contributed by atoms with van der Waals surface area (Å²) in [6.07, 6.45) is 0.358. The predicted molar refractivity (Wildman–Crippen MR) is 80.6 cm³/mol. The predicted octanol–water partition coefficient (Wildman–Crippen LogP) is 2.98. The highest BCUT2D eigenvalue weighted by Crippen LogP contribution is 2.14. The summed E-state index contributed by atoms with van der Waals surface area (Å²) in [5, 5.41) is 11.9. The van der Waals surface area contributed by atoms with Crippen LogP contribution in [0.25, 0.3) is 0 Å². The van der Waals surface area contributed by atoms with E-state index in [4.69, 9.17) is 5.11 Å². The number of aryl methyl sites for hydroxylation is 2. The van der Waals surface area contributed by atoms with Crippen LogP contribution >= 0.6 is 0 Å². The van der Waals surface area contributed by atoms with Gasteiger partial charge in [-0.2, -0.15) is 0 Å². The van der Waals surface area contributed by atoms with Crippen molar-refractivity contribution >= 4 is 11.6 Å². The van der Waals surface area contributed by atoms with Crippen molar-refractivity contribution in [2.75, 3.05) is 5.32 Å². The number of aliphatic hydroxyl groups excluding tert-OH is 1. The van der Waals surface area contributed by atoms with E-state index in [1.807, 2.05) is 50.2 Å². The number of carbonyl (C=O) groups is 1. The van der Waals surface area contributed by atoms with Crippen molar-refractivity contribution in [3.63, 3.8) is 0 Å². The summed E-state index contributed by atoms with van der Waals surface area (Å²) in [5.74, 6) is -0.0474. The molecule has 0 unspecified atom stereocenters. The Kier molecular flexibility index (Phi) is 4.53. The number of nitrogens with one attached hydrogen (secondary N) is 1. The molecular formula is C17H19NO2. The third-order valence-electron chi connectivity index (χ3n) is 3.25. The van der Waals surface area contributed by atoms with Gasteiger partial charge in [-0.05, 0) is 42.7 Å². The lowest BCUT2D eigenvalue weighted by Crippen LogP contribution is -2.15. The van der Waals surface area contributed by atoms with E-state index in [-0.39, 0.29) is 12.5 Å². The average molecular weight is 269 g/mol. The molecule has 2 rings (SSSR count). The van der Waals surface area contributed by atoms with Crippen molar-refractivity contribution in [2.45, 2.75) is 26.9 Å². The van der Waals surface area contributed by atoms with Gasteiger partial charge in [-0.15, -0.1) is 0 Å². The van der Waals surface area contributed by atoms with Crippen molar-refractivity contribution in [3.8, 4) is 0 Å². The maximum Gasteiger partial charge on any atom is 0.228 e. The lowest BCUT2D eigenvalue weighted by atomic mass is 10.0. The van der Waals surface area contributed by atoms with E-state index < -0.39 is 0 Å². The highest BCUT2D eigenvalue weighted by atomic mass is 16.3. The first-order valence-corrected chi connectivity index (χ1v) is 6.64. The fourth-order valence-corrected chi connectivity index (χ4v) is 2.12. The number of hydrogen-bond donors (Lipinski definition) is 2. The molecule has 2 aromatic rings. The van der Waals surface area contributed by atoms with Gasteiger partial charge < -0.3 is 10.4 Å². The second kappa shape index (κ2) is 6.35. The molecule has 1 amide bonds. The Morgan fingerprint density at radius 3 is 2.70 bits per heavy atom. The smallest absolute Gasteiger partial charge is 0.228 e. The fraction of sp³-hybridized carbons (Fsp3) is 0.235. The number of hydrogen-bond acceptors (Lipinski definition) is 2. The number of carbonyl (C=O) groups excluding carboxylic acids is 1. The van der Waals surface area contributed by atoms with Crippen LogP contribution < -0.4 is 5.32 Å². The van der Waals surface area contributed by atoms with E-state index in [9.17, 15) is 4.79 Å². The zero-order valence-corrected chi connectivity index (χ0v) is 11.8. The monoisotopic (exact) mass is 269 g/mol. The molecule has 0 fully saturated rings. The Morgan fingerprint density at radius 1 is 1.15 bits per heavy atom. The first kappa shape index (κ1) is 14.3. The van der Waals surface area contributed by atoms with Crippen molar-refractivity contribution in [3.05, 3.63) is 64.7 Å². The molecule has 0 aliphatic heterocycles. The minimum absolute atomic E-state index is 0.0271. The van der Waals surface area contributed by atoms with Gasteiger partial charge in [0, 0.05) is 5.69 Å². The minimum Gasteiger partial charge on any atom is -0.392 e. The second-order valence-corrected chi connectivity index (χ2v) is 5.01. The van der Waals surface area contributed by atoms with Gasteiger partial charge in [0.05, 0.1) is 13.0 Å². The maximum atomic E-state index is 12.1.